The van der Waals surface area contributed by atoms with E-state index in [-0.39, 0.29) is 0 Å². The molecule has 1 aromatic carbocycles. The third-order valence-electron chi connectivity index (χ3n) is 3.51. The molecule has 1 aromatic rings. The summed E-state index contributed by atoms with van der Waals surface area (Å²) in [7, 11) is 0. The van der Waals surface area contributed by atoms with E-state index in [4.69, 9.17) is 0 Å². The molecule has 1 heterocycles. The Hall–Kier alpha value is -1.12. The van der Waals surface area contributed by atoms with Gasteiger partial charge in [0.2, 0.25) is 0 Å². The van der Waals surface area contributed by atoms with Gasteiger partial charge in [-0.3, -0.25) is 4.90 Å². The lowest BCUT2D eigenvalue weighted by atomic mass is 9.97. The molecule has 1 saturated heterocycles. The van der Waals surface area contributed by atoms with Crippen LogP contribution in [0.25, 0.3) is 0 Å². The smallest absolute Gasteiger partial charge is 0.0532 e. The molecule has 17 heavy (non-hydrogen) atoms. The maximum Gasteiger partial charge on any atom is 0.0532 e. The van der Waals surface area contributed by atoms with Crippen molar-refractivity contribution in [3.8, 4) is 0 Å². The molecule has 1 aliphatic heterocycles. The third-order valence-corrected chi connectivity index (χ3v) is 3.51. The van der Waals surface area contributed by atoms with Crippen LogP contribution in [-0.4, -0.2) is 31.1 Å². The normalized spacial score (nSPS) is 18.9. The molecule has 0 aromatic heterocycles. The van der Waals surface area contributed by atoms with Gasteiger partial charge in [0.25, 0.3) is 0 Å². The molecule has 1 N–H and O–H groups in total. The van der Waals surface area contributed by atoms with Crippen molar-refractivity contribution in [2.75, 3.05) is 26.2 Å². The predicted molar refractivity (Wildman–Crippen MR) is 73.3 cm³/mol. The molecule has 1 atom stereocenters. The van der Waals surface area contributed by atoms with E-state index in [0.29, 0.717) is 6.04 Å². The quantitative estimate of drug-likeness (QED) is 0.802. The van der Waals surface area contributed by atoms with Crippen molar-refractivity contribution in [1.29, 1.82) is 0 Å². The zero-order chi connectivity index (χ0) is 12.3. The summed E-state index contributed by atoms with van der Waals surface area (Å²) >= 11 is 0. The fourth-order valence-corrected chi connectivity index (χ4v) is 2.59. The van der Waals surface area contributed by atoms with Gasteiger partial charge in [-0.05, 0) is 25.0 Å². The number of rotatable bonds is 3. The van der Waals surface area contributed by atoms with E-state index in [1.165, 1.54) is 16.7 Å². The van der Waals surface area contributed by atoms with E-state index in [9.17, 15) is 0 Å². The molecule has 0 aliphatic carbocycles. The van der Waals surface area contributed by atoms with Gasteiger partial charge in [-0.15, -0.1) is 6.58 Å². The summed E-state index contributed by atoms with van der Waals surface area (Å²) in [6.45, 7) is 12.7. The Labute approximate surface area is 104 Å². The number of piperazine rings is 1. The van der Waals surface area contributed by atoms with Gasteiger partial charge in [0, 0.05) is 26.2 Å². The lowest BCUT2D eigenvalue weighted by Crippen LogP contribution is -2.44. The van der Waals surface area contributed by atoms with Crippen molar-refractivity contribution in [3.05, 3.63) is 47.5 Å². The number of aryl methyl sites for hydroxylation is 2. The molecule has 0 amide bonds. The summed E-state index contributed by atoms with van der Waals surface area (Å²) in [6, 6.07) is 7.06. The van der Waals surface area contributed by atoms with Crippen molar-refractivity contribution in [2.45, 2.75) is 19.9 Å². The van der Waals surface area contributed by atoms with Crippen molar-refractivity contribution in [2.24, 2.45) is 0 Å². The standard InChI is InChI=1S/C15H22N2/c1-4-15(17-9-7-16-8-10-17)14-6-5-12(2)11-13(14)3/h4-6,11,15-16H,1,7-10H2,2-3H3/t15-/m0/s1. The largest absolute Gasteiger partial charge is 0.314 e. The molecule has 0 radical (unpaired) electrons. The first-order valence-corrected chi connectivity index (χ1v) is 6.37. The van der Waals surface area contributed by atoms with Gasteiger partial charge in [0.15, 0.2) is 0 Å². The lowest BCUT2D eigenvalue weighted by Gasteiger charge is -2.34. The fourth-order valence-electron chi connectivity index (χ4n) is 2.59. The zero-order valence-electron chi connectivity index (χ0n) is 10.9. The van der Waals surface area contributed by atoms with Gasteiger partial charge in [0.1, 0.15) is 0 Å². The van der Waals surface area contributed by atoms with Gasteiger partial charge in [-0.2, -0.15) is 0 Å². The summed E-state index contributed by atoms with van der Waals surface area (Å²) in [5, 5.41) is 3.39. The molecular weight excluding hydrogens is 208 g/mol. The molecule has 0 bridgehead atoms. The minimum Gasteiger partial charge on any atom is -0.314 e. The highest BCUT2D eigenvalue weighted by molar-refractivity contribution is 5.34. The van der Waals surface area contributed by atoms with Crippen molar-refractivity contribution >= 4 is 0 Å². The molecule has 2 nitrogen and oxygen atoms in total. The summed E-state index contributed by atoms with van der Waals surface area (Å²) in [5.41, 5.74) is 4.09. The van der Waals surface area contributed by atoms with Crippen LogP contribution >= 0.6 is 0 Å². The van der Waals surface area contributed by atoms with E-state index < -0.39 is 0 Å². The van der Waals surface area contributed by atoms with Crippen LogP contribution in [0, 0.1) is 13.8 Å². The predicted octanol–water partition coefficient (Wildman–Crippen LogP) is 2.44. The molecule has 1 aliphatic rings. The minimum absolute atomic E-state index is 0.359. The highest BCUT2D eigenvalue weighted by atomic mass is 15.2. The molecule has 92 valence electrons. The van der Waals surface area contributed by atoms with Crippen LogP contribution in [0.3, 0.4) is 0 Å². The van der Waals surface area contributed by atoms with Crippen LogP contribution in [0.15, 0.2) is 30.9 Å². The van der Waals surface area contributed by atoms with Crippen molar-refractivity contribution < 1.29 is 0 Å². The van der Waals surface area contributed by atoms with Crippen LogP contribution in [-0.2, 0) is 0 Å². The SMILES string of the molecule is C=C[C@@H](c1ccc(C)cc1C)N1CCNCC1. The Morgan fingerprint density at radius 2 is 2.00 bits per heavy atom. The van der Waals surface area contributed by atoms with E-state index in [1.54, 1.807) is 0 Å². The monoisotopic (exact) mass is 230 g/mol. The summed E-state index contributed by atoms with van der Waals surface area (Å²) in [5.74, 6) is 0. The molecule has 0 unspecified atom stereocenters. The Balaban J connectivity index is 2.24. The van der Waals surface area contributed by atoms with Gasteiger partial charge in [-0.25, -0.2) is 0 Å². The lowest BCUT2D eigenvalue weighted by molar-refractivity contribution is 0.203. The second kappa shape index (κ2) is 5.48. The number of hydrogen-bond acceptors (Lipinski definition) is 2. The third kappa shape index (κ3) is 2.76. The Bertz CT molecular complexity index is 392. The van der Waals surface area contributed by atoms with Crippen LogP contribution in [0.1, 0.15) is 22.7 Å². The second-order valence-electron chi connectivity index (χ2n) is 4.83. The molecule has 2 heteroatoms. The van der Waals surface area contributed by atoms with E-state index >= 15 is 0 Å². The average molecular weight is 230 g/mol. The second-order valence-corrected chi connectivity index (χ2v) is 4.83. The average Bonchev–Trinajstić information content (AvgIpc) is 2.34. The molecule has 0 spiro atoms. The molecule has 2 rings (SSSR count). The first-order valence-electron chi connectivity index (χ1n) is 6.37. The Morgan fingerprint density at radius 1 is 1.29 bits per heavy atom. The zero-order valence-corrected chi connectivity index (χ0v) is 10.9. The van der Waals surface area contributed by atoms with Crippen molar-refractivity contribution in [3.63, 3.8) is 0 Å². The maximum atomic E-state index is 4.01. The summed E-state index contributed by atoms with van der Waals surface area (Å²) in [6.07, 6.45) is 2.07. The molecule has 0 saturated carbocycles. The van der Waals surface area contributed by atoms with Gasteiger partial charge >= 0.3 is 0 Å². The number of nitrogens with zero attached hydrogens (tertiary/aromatic N) is 1. The highest BCUT2D eigenvalue weighted by Gasteiger charge is 2.20. The minimum atomic E-state index is 0.359. The van der Waals surface area contributed by atoms with Gasteiger partial charge in [0.05, 0.1) is 6.04 Å². The first kappa shape index (κ1) is 12.3. The topological polar surface area (TPSA) is 15.3 Å². The number of benzene rings is 1. The first-order chi connectivity index (χ1) is 8.22. The summed E-state index contributed by atoms with van der Waals surface area (Å²) in [4.78, 5) is 2.50. The van der Waals surface area contributed by atoms with E-state index in [1.807, 2.05) is 0 Å². The number of hydrogen-bond donors (Lipinski definition) is 1. The van der Waals surface area contributed by atoms with E-state index in [2.05, 4.69) is 54.9 Å². The summed E-state index contributed by atoms with van der Waals surface area (Å²) < 4.78 is 0. The van der Waals surface area contributed by atoms with Crippen LogP contribution < -0.4 is 5.32 Å². The molecular formula is C15H22N2. The van der Waals surface area contributed by atoms with Crippen LogP contribution in [0.2, 0.25) is 0 Å². The molecule has 1 fully saturated rings. The Morgan fingerprint density at radius 3 is 2.59 bits per heavy atom. The Kier molecular flexibility index (Phi) is 3.97. The van der Waals surface area contributed by atoms with Gasteiger partial charge in [-0.1, -0.05) is 29.8 Å². The van der Waals surface area contributed by atoms with Crippen LogP contribution in [0.5, 0.6) is 0 Å². The van der Waals surface area contributed by atoms with Gasteiger partial charge < -0.3 is 5.32 Å². The van der Waals surface area contributed by atoms with Crippen LogP contribution in [0.4, 0.5) is 0 Å². The van der Waals surface area contributed by atoms with E-state index in [0.717, 1.165) is 26.2 Å². The van der Waals surface area contributed by atoms with Crippen molar-refractivity contribution in [1.82, 2.24) is 10.2 Å². The highest BCUT2D eigenvalue weighted by Crippen LogP contribution is 2.25. The maximum absolute atomic E-state index is 4.01. The number of nitrogens with one attached hydrogen (secondary N) is 1. The fraction of sp³-hybridized carbons (Fsp3) is 0.467.